The Hall–Kier alpha value is -1.13. The Morgan fingerprint density at radius 3 is 2.94 bits per heavy atom. The molecular formula is C12H13ClFNO2. The van der Waals surface area contributed by atoms with Gasteiger partial charge >= 0.3 is 0 Å². The van der Waals surface area contributed by atoms with Crippen LogP contribution in [0.5, 0.6) is 0 Å². The van der Waals surface area contributed by atoms with Gasteiger partial charge in [-0.15, -0.1) is 0 Å². The van der Waals surface area contributed by atoms with E-state index in [9.17, 15) is 9.18 Å². The molecule has 1 unspecified atom stereocenters. The van der Waals surface area contributed by atoms with Gasteiger partial charge in [0.05, 0.1) is 5.02 Å². The van der Waals surface area contributed by atoms with Crippen molar-refractivity contribution in [2.45, 2.75) is 13.0 Å². The Labute approximate surface area is 104 Å². The van der Waals surface area contributed by atoms with Crippen LogP contribution in [0.1, 0.15) is 12.0 Å². The van der Waals surface area contributed by atoms with Crippen LogP contribution in [0.4, 0.5) is 4.39 Å². The van der Waals surface area contributed by atoms with E-state index in [1.165, 1.54) is 6.07 Å². The number of rotatable bonds is 3. The molecule has 1 N–H and O–H groups in total. The zero-order valence-electron chi connectivity index (χ0n) is 9.20. The van der Waals surface area contributed by atoms with Gasteiger partial charge < -0.3 is 10.0 Å². The van der Waals surface area contributed by atoms with Gasteiger partial charge in [-0.2, -0.15) is 0 Å². The number of amides is 1. The standard InChI is InChI=1S/C12H13ClFNO2/c13-10-3-1-2-9(12(10)14)6-15-5-8(7-16)4-11(15)17/h1-3,8,16H,4-7H2. The monoisotopic (exact) mass is 257 g/mol. The molecule has 0 bridgehead atoms. The Bertz CT molecular complexity index is 439. The Balaban J connectivity index is 2.11. The van der Waals surface area contributed by atoms with E-state index in [4.69, 9.17) is 16.7 Å². The minimum atomic E-state index is -0.477. The fourth-order valence-corrected chi connectivity index (χ4v) is 2.20. The third-order valence-corrected chi connectivity index (χ3v) is 3.24. The second-order valence-corrected chi connectivity index (χ2v) is 4.65. The van der Waals surface area contributed by atoms with Crippen molar-refractivity contribution in [1.82, 2.24) is 4.90 Å². The normalized spacial score (nSPS) is 20.1. The van der Waals surface area contributed by atoms with Gasteiger partial charge in [0.15, 0.2) is 0 Å². The molecule has 1 fully saturated rings. The smallest absolute Gasteiger partial charge is 0.223 e. The summed E-state index contributed by atoms with van der Waals surface area (Å²) >= 11 is 5.67. The molecule has 0 aromatic heterocycles. The van der Waals surface area contributed by atoms with E-state index in [1.54, 1.807) is 17.0 Å². The Kier molecular flexibility index (Phi) is 3.64. The van der Waals surface area contributed by atoms with Crippen molar-refractivity contribution in [3.63, 3.8) is 0 Å². The van der Waals surface area contributed by atoms with E-state index in [0.29, 0.717) is 18.5 Å². The van der Waals surface area contributed by atoms with Crippen molar-refractivity contribution in [2.24, 2.45) is 5.92 Å². The van der Waals surface area contributed by atoms with Crippen LogP contribution in [0.2, 0.25) is 5.02 Å². The molecule has 1 aromatic carbocycles. The van der Waals surface area contributed by atoms with Crippen LogP contribution in [0.15, 0.2) is 18.2 Å². The lowest BCUT2D eigenvalue weighted by Crippen LogP contribution is -2.25. The van der Waals surface area contributed by atoms with Gasteiger partial charge in [0, 0.05) is 37.6 Å². The highest BCUT2D eigenvalue weighted by atomic mass is 35.5. The average molecular weight is 258 g/mol. The van der Waals surface area contributed by atoms with Crippen LogP contribution in [0.25, 0.3) is 0 Å². The van der Waals surface area contributed by atoms with Gasteiger partial charge in [-0.1, -0.05) is 23.7 Å². The zero-order valence-corrected chi connectivity index (χ0v) is 9.95. The number of halogens is 2. The number of carbonyl (C=O) groups is 1. The molecular weight excluding hydrogens is 245 g/mol. The number of likely N-dealkylation sites (tertiary alicyclic amines) is 1. The van der Waals surface area contributed by atoms with Gasteiger partial charge in [-0.05, 0) is 6.07 Å². The number of hydrogen-bond acceptors (Lipinski definition) is 2. The van der Waals surface area contributed by atoms with Crippen LogP contribution in [0, 0.1) is 11.7 Å². The van der Waals surface area contributed by atoms with Crippen LogP contribution < -0.4 is 0 Å². The molecule has 1 aliphatic heterocycles. The topological polar surface area (TPSA) is 40.5 Å². The fraction of sp³-hybridized carbons (Fsp3) is 0.417. The van der Waals surface area contributed by atoms with Gasteiger partial charge in [0.1, 0.15) is 5.82 Å². The van der Waals surface area contributed by atoms with E-state index in [-0.39, 0.29) is 30.0 Å². The second kappa shape index (κ2) is 5.02. The highest BCUT2D eigenvalue weighted by Crippen LogP contribution is 2.23. The number of nitrogens with zero attached hydrogens (tertiary/aromatic N) is 1. The maximum Gasteiger partial charge on any atom is 0.223 e. The van der Waals surface area contributed by atoms with E-state index in [2.05, 4.69) is 0 Å². The van der Waals surface area contributed by atoms with Crippen molar-refractivity contribution in [2.75, 3.05) is 13.2 Å². The first kappa shape index (κ1) is 12.3. The van der Waals surface area contributed by atoms with E-state index < -0.39 is 5.82 Å². The van der Waals surface area contributed by atoms with Crippen molar-refractivity contribution < 1.29 is 14.3 Å². The summed E-state index contributed by atoms with van der Waals surface area (Å²) in [5.41, 5.74) is 0.407. The summed E-state index contributed by atoms with van der Waals surface area (Å²) in [6.45, 7) is 0.670. The highest BCUT2D eigenvalue weighted by Gasteiger charge is 2.29. The maximum absolute atomic E-state index is 13.6. The summed E-state index contributed by atoms with van der Waals surface area (Å²) in [5, 5.41) is 9.06. The van der Waals surface area contributed by atoms with Gasteiger partial charge in [0.2, 0.25) is 5.91 Å². The number of hydrogen-bond donors (Lipinski definition) is 1. The molecule has 1 atom stereocenters. The summed E-state index contributed by atoms with van der Waals surface area (Å²) < 4.78 is 13.6. The minimum absolute atomic E-state index is 0.0136. The van der Waals surface area contributed by atoms with Crippen molar-refractivity contribution in [3.05, 3.63) is 34.6 Å². The van der Waals surface area contributed by atoms with Crippen molar-refractivity contribution in [3.8, 4) is 0 Å². The number of carbonyl (C=O) groups excluding carboxylic acids is 1. The van der Waals surface area contributed by atoms with Gasteiger partial charge in [0.25, 0.3) is 0 Å². The highest BCUT2D eigenvalue weighted by molar-refractivity contribution is 6.30. The lowest BCUT2D eigenvalue weighted by molar-refractivity contribution is -0.128. The Morgan fingerprint density at radius 1 is 1.53 bits per heavy atom. The molecule has 0 spiro atoms. The summed E-state index contributed by atoms with van der Waals surface area (Å²) in [6.07, 6.45) is 0.332. The predicted octanol–water partition coefficient (Wildman–Crippen LogP) is 1.82. The van der Waals surface area contributed by atoms with Crippen LogP contribution >= 0.6 is 11.6 Å². The molecule has 1 aromatic rings. The summed E-state index contributed by atoms with van der Waals surface area (Å²) in [4.78, 5) is 13.2. The number of benzene rings is 1. The molecule has 3 nitrogen and oxygen atoms in total. The molecule has 1 heterocycles. The number of aliphatic hydroxyl groups is 1. The SMILES string of the molecule is O=C1CC(CO)CN1Cc1cccc(Cl)c1F. The second-order valence-electron chi connectivity index (χ2n) is 4.24. The average Bonchev–Trinajstić information content (AvgIpc) is 2.66. The molecule has 2 rings (SSSR count). The summed E-state index contributed by atoms with van der Waals surface area (Å²) in [7, 11) is 0. The van der Waals surface area contributed by atoms with Crippen molar-refractivity contribution >= 4 is 17.5 Å². The fourth-order valence-electron chi connectivity index (χ4n) is 2.01. The van der Waals surface area contributed by atoms with E-state index in [0.717, 1.165) is 0 Å². The molecule has 17 heavy (non-hydrogen) atoms. The lowest BCUT2D eigenvalue weighted by atomic mass is 10.1. The molecule has 0 radical (unpaired) electrons. The largest absolute Gasteiger partial charge is 0.396 e. The quantitative estimate of drug-likeness (QED) is 0.897. The van der Waals surface area contributed by atoms with Crippen molar-refractivity contribution in [1.29, 1.82) is 0 Å². The molecule has 92 valence electrons. The third kappa shape index (κ3) is 2.58. The summed E-state index contributed by atoms with van der Waals surface area (Å²) in [6, 6.07) is 4.74. The molecule has 5 heteroatoms. The summed E-state index contributed by atoms with van der Waals surface area (Å²) in [5.74, 6) is -0.567. The molecule has 0 saturated carbocycles. The van der Waals surface area contributed by atoms with Crippen LogP contribution in [-0.4, -0.2) is 29.1 Å². The third-order valence-electron chi connectivity index (χ3n) is 2.95. The zero-order chi connectivity index (χ0) is 12.4. The molecule has 0 aliphatic carbocycles. The minimum Gasteiger partial charge on any atom is -0.396 e. The van der Waals surface area contributed by atoms with Gasteiger partial charge in [-0.25, -0.2) is 4.39 Å². The lowest BCUT2D eigenvalue weighted by Gasteiger charge is -2.17. The first-order chi connectivity index (χ1) is 8.11. The van der Waals surface area contributed by atoms with E-state index >= 15 is 0 Å². The van der Waals surface area contributed by atoms with E-state index in [1.807, 2.05) is 0 Å². The maximum atomic E-state index is 13.6. The van der Waals surface area contributed by atoms with Gasteiger partial charge in [-0.3, -0.25) is 4.79 Å². The van der Waals surface area contributed by atoms with Crippen LogP contribution in [-0.2, 0) is 11.3 Å². The molecule has 1 amide bonds. The molecule has 1 saturated heterocycles. The molecule has 1 aliphatic rings. The Morgan fingerprint density at radius 2 is 2.29 bits per heavy atom. The number of aliphatic hydroxyl groups excluding tert-OH is 1. The predicted molar refractivity (Wildman–Crippen MR) is 62.0 cm³/mol. The van der Waals surface area contributed by atoms with Crippen LogP contribution in [0.3, 0.4) is 0 Å². The first-order valence-corrected chi connectivity index (χ1v) is 5.81. The first-order valence-electron chi connectivity index (χ1n) is 5.43.